The molecular formula is C25H17N3. The smallest absolute Gasteiger partial charge is 0.0716 e. The zero-order valence-electron chi connectivity index (χ0n) is 15.3. The number of nitrogens with zero attached hydrogens (tertiary/aromatic N) is 3. The van der Waals surface area contributed by atoms with Crippen LogP contribution >= 0.6 is 0 Å². The van der Waals surface area contributed by atoms with Gasteiger partial charge >= 0.3 is 0 Å². The Morgan fingerprint density at radius 1 is 0.679 bits per heavy atom. The molecule has 0 saturated carbocycles. The second kappa shape index (κ2) is 5.08. The Kier molecular flexibility index (Phi) is 2.64. The van der Waals surface area contributed by atoms with E-state index in [9.17, 15) is 0 Å². The van der Waals surface area contributed by atoms with E-state index in [1.54, 1.807) is 0 Å². The Bertz CT molecular complexity index is 1310. The summed E-state index contributed by atoms with van der Waals surface area (Å²) < 4.78 is 0. The van der Waals surface area contributed by atoms with Crippen molar-refractivity contribution in [1.29, 1.82) is 0 Å². The molecule has 0 saturated heterocycles. The van der Waals surface area contributed by atoms with Gasteiger partial charge in [0, 0.05) is 25.2 Å². The molecule has 7 rings (SSSR count). The number of hydrogen-bond acceptors (Lipinski definition) is 3. The van der Waals surface area contributed by atoms with Crippen LogP contribution in [0.4, 0.5) is 17.1 Å². The third-order valence-electron chi connectivity index (χ3n) is 6.41. The van der Waals surface area contributed by atoms with Gasteiger partial charge in [-0.1, -0.05) is 24.3 Å². The predicted molar refractivity (Wildman–Crippen MR) is 111 cm³/mol. The Balaban J connectivity index is 1.51. The largest absolute Gasteiger partial charge is 0.306 e. The number of rotatable bonds is 0. The lowest BCUT2D eigenvalue weighted by molar-refractivity contribution is 0.952. The highest BCUT2D eigenvalue weighted by molar-refractivity contribution is 5.91. The first-order valence-corrected chi connectivity index (χ1v) is 9.81. The highest BCUT2D eigenvalue weighted by Gasteiger charge is 2.33. The van der Waals surface area contributed by atoms with Crippen molar-refractivity contribution in [3.05, 3.63) is 101 Å². The first-order chi connectivity index (χ1) is 13.9. The van der Waals surface area contributed by atoms with Crippen molar-refractivity contribution in [3.8, 4) is 11.1 Å². The van der Waals surface area contributed by atoms with Gasteiger partial charge in [0.25, 0.3) is 0 Å². The minimum absolute atomic E-state index is 0.878. The van der Waals surface area contributed by atoms with E-state index < -0.39 is 0 Å². The number of fused-ring (bicyclic) bond motifs is 7. The van der Waals surface area contributed by atoms with Gasteiger partial charge in [-0.25, -0.2) is 0 Å². The van der Waals surface area contributed by atoms with Crippen molar-refractivity contribution in [2.45, 2.75) is 19.3 Å². The van der Waals surface area contributed by atoms with Crippen molar-refractivity contribution in [3.63, 3.8) is 0 Å². The summed E-state index contributed by atoms with van der Waals surface area (Å²) in [4.78, 5) is 11.6. The van der Waals surface area contributed by atoms with Gasteiger partial charge in [0.15, 0.2) is 0 Å². The molecule has 28 heavy (non-hydrogen) atoms. The molecule has 3 nitrogen and oxygen atoms in total. The fraction of sp³-hybridized carbons (Fsp3) is 0.120. The van der Waals surface area contributed by atoms with Crippen LogP contribution in [0.5, 0.6) is 0 Å². The van der Waals surface area contributed by atoms with Crippen molar-refractivity contribution in [2.75, 3.05) is 4.90 Å². The van der Waals surface area contributed by atoms with E-state index >= 15 is 0 Å². The first-order valence-electron chi connectivity index (χ1n) is 9.81. The molecule has 0 radical (unpaired) electrons. The van der Waals surface area contributed by atoms with E-state index in [4.69, 9.17) is 4.98 Å². The molecule has 4 heterocycles. The molecule has 2 aliphatic heterocycles. The third-order valence-corrected chi connectivity index (χ3v) is 6.41. The molecule has 3 aliphatic rings. The Morgan fingerprint density at radius 3 is 2.57 bits per heavy atom. The fourth-order valence-corrected chi connectivity index (χ4v) is 5.17. The number of anilines is 3. The van der Waals surface area contributed by atoms with Gasteiger partial charge < -0.3 is 4.90 Å². The molecule has 2 aromatic carbocycles. The SMILES string of the molecule is c1ccc2c(c1)Cc1cc3c(cc1-2)Cc1ccnc2c1N3c1cnccc1C2. The van der Waals surface area contributed by atoms with Crippen molar-refractivity contribution in [1.82, 2.24) is 9.97 Å². The first kappa shape index (κ1) is 14.6. The Morgan fingerprint density at radius 2 is 1.57 bits per heavy atom. The van der Waals surface area contributed by atoms with E-state index in [-0.39, 0.29) is 0 Å². The zero-order valence-corrected chi connectivity index (χ0v) is 15.3. The summed E-state index contributed by atoms with van der Waals surface area (Å²) in [6, 6.07) is 17.9. The molecule has 0 amide bonds. The van der Waals surface area contributed by atoms with Crippen LogP contribution in [0.25, 0.3) is 11.1 Å². The van der Waals surface area contributed by atoms with Crippen molar-refractivity contribution < 1.29 is 0 Å². The summed E-state index contributed by atoms with van der Waals surface area (Å²) in [5.74, 6) is 0. The minimum Gasteiger partial charge on any atom is -0.306 e. The van der Waals surface area contributed by atoms with Crippen LogP contribution in [0.3, 0.4) is 0 Å². The standard InChI is InChI=1S/C25H17N3/c1-2-4-20-15(3-1)9-18-13-23-19(11-21(18)20)10-17-6-8-27-22-12-16-5-7-26-14-24(16)28(23)25(17)22/h1-8,11,13-14H,9-10,12H2. The number of aromatic nitrogens is 2. The molecule has 0 bridgehead atoms. The average Bonchev–Trinajstić information content (AvgIpc) is 3.09. The molecule has 0 N–H and O–H groups in total. The van der Waals surface area contributed by atoms with Crippen molar-refractivity contribution in [2.24, 2.45) is 0 Å². The Labute approximate surface area is 163 Å². The van der Waals surface area contributed by atoms with Crippen LogP contribution in [0.2, 0.25) is 0 Å². The van der Waals surface area contributed by atoms with Gasteiger partial charge in [-0.15, -0.1) is 0 Å². The summed E-state index contributed by atoms with van der Waals surface area (Å²) in [6.07, 6.45) is 8.71. The van der Waals surface area contributed by atoms with E-state index in [2.05, 4.69) is 58.4 Å². The van der Waals surface area contributed by atoms with Gasteiger partial charge in [0.1, 0.15) is 0 Å². The Hall–Kier alpha value is -3.46. The second-order valence-corrected chi connectivity index (χ2v) is 7.93. The topological polar surface area (TPSA) is 29.0 Å². The van der Waals surface area contributed by atoms with Gasteiger partial charge in [-0.05, 0) is 69.6 Å². The van der Waals surface area contributed by atoms with E-state index in [0.29, 0.717) is 0 Å². The molecule has 0 atom stereocenters. The van der Waals surface area contributed by atoms with Crippen LogP contribution in [-0.2, 0) is 19.3 Å². The average molecular weight is 359 g/mol. The van der Waals surface area contributed by atoms with Crippen molar-refractivity contribution >= 4 is 17.1 Å². The molecule has 0 spiro atoms. The molecule has 0 unspecified atom stereocenters. The lowest BCUT2D eigenvalue weighted by atomic mass is 9.88. The minimum atomic E-state index is 0.878. The van der Waals surface area contributed by atoms with Crippen LogP contribution < -0.4 is 4.90 Å². The summed E-state index contributed by atoms with van der Waals surface area (Å²) in [7, 11) is 0. The second-order valence-electron chi connectivity index (χ2n) is 7.93. The predicted octanol–water partition coefficient (Wildman–Crippen LogP) is 5.33. The molecule has 2 aromatic heterocycles. The monoisotopic (exact) mass is 359 g/mol. The van der Waals surface area contributed by atoms with Crippen LogP contribution in [0.15, 0.2) is 67.1 Å². The molecule has 1 aliphatic carbocycles. The number of pyridine rings is 2. The van der Waals surface area contributed by atoms with Gasteiger partial charge in [0.05, 0.1) is 29.0 Å². The van der Waals surface area contributed by atoms with E-state index in [1.807, 2.05) is 18.6 Å². The molecular weight excluding hydrogens is 342 g/mol. The van der Waals surface area contributed by atoms with E-state index in [0.717, 1.165) is 19.3 Å². The highest BCUT2D eigenvalue weighted by atomic mass is 15.2. The van der Waals surface area contributed by atoms with Gasteiger partial charge in [0.2, 0.25) is 0 Å². The van der Waals surface area contributed by atoms with Crippen LogP contribution in [-0.4, -0.2) is 9.97 Å². The summed E-state index contributed by atoms with van der Waals surface area (Å²) in [6.45, 7) is 0. The maximum Gasteiger partial charge on any atom is 0.0716 e. The van der Waals surface area contributed by atoms with E-state index in [1.165, 1.54) is 61.7 Å². The summed E-state index contributed by atoms with van der Waals surface area (Å²) in [5, 5.41) is 0. The number of benzene rings is 2. The maximum absolute atomic E-state index is 4.73. The third kappa shape index (κ3) is 1.79. The maximum atomic E-state index is 4.73. The lowest BCUT2D eigenvalue weighted by Gasteiger charge is -2.38. The molecule has 4 aromatic rings. The molecule has 0 fully saturated rings. The fourth-order valence-electron chi connectivity index (χ4n) is 5.17. The molecule has 132 valence electrons. The number of hydrogen-bond donors (Lipinski definition) is 0. The summed E-state index contributed by atoms with van der Waals surface area (Å²) in [5.41, 5.74) is 14.6. The van der Waals surface area contributed by atoms with Crippen LogP contribution in [0.1, 0.15) is 33.5 Å². The molecule has 3 heteroatoms. The van der Waals surface area contributed by atoms with Gasteiger partial charge in [-0.3, -0.25) is 9.97 Å². The summed E-state index contributed by atoms with van der Waals surface area (Å²) >= 11 is 0. The zero-order chi connectivity index (χ0) is 18.2. The van der Waals surface area contributed by atoms with Gasteiger partial charge in [-0.2, -0.15) is 0 Å². The highest BCUT2D eigenvalue weighted by Crippen LogP contribution is 2.51. The van der Waals surface area contributed by atoms with Crippen LogP contribution in [0, 0.1) is 0 Å². The normalized spacial score (nSPS) is 14.6. The lowest BCUT2D eigenvalue weighted by Crippen LogP contribution is -2.25. The quantitative estimate of drug-likeness (QED) is 0.367.